The van der Waals surface area contributed by atoms with Crippen LogP contribution in [0, 0.1) is 5.41 Å². The number of aromatic nitrogens is 1. The van der Waals surface area contributed by atoms with Crippen LogP contribution in [-0.2, 0) is 16.8 Å². The SMILES string of the molecule is CC(C)(O)c1ccccc1CC[C@@H](SCC1(CC(=O)O)CC1)c1cccc(/C=C/c2ccc3ccc(Cl)cc3n2)c1.[H-].[H-].[Mg+2]. The van der Waals surface area contributed by atoms with E-state index in [1.807, 2.05) is 74.1 Å². The Morgan fingerprint density at radius 1 is 1.07 bits per heavy atom. The van der Waals surface area contributed by atoms with Gasteiger partial charge in [-0.05, 0) is 91.5 Å². The summed E-state index contributed by atoms with van der Waals surface area (Å²) in [5, 5.41) is 22.1. The minimum Gasteiger partial charge on any atom is -1.00 e. The zero-order valence-electron chi connectivity index (χ0n) is 26.2. The van der Waals surface area contributed by atoms with E-state index in [1.165, 1.54) is 5.56 Å². The van der Waals surface area contributed by atoms with Gasteiger partial charge in [-0.15, -0.1) is 0 Å². The number of aryl methyl sites for hydroxylation is 1. The second-order valence-corrected chi connectivity index (χ2v) is 13.3. The molecule has 1 atom stereocenters. The van der Waals surface area contributed by atoms with Gasteiger partial charge in [-0.25, -0.2) is 4.98 Å². The van der Waals surface area contributed by atoms with Crippen LogP contribution in [0.15, 0.2) is 78.9 Å². The van der Waals surface area contributed by atoms with Crippen LogP contribution in [0.5, 0.6) is 0 Å². The van der Waals surface area contributed by atoms with Crippen LogP contribution in [0.4, 0.5) is 0 Å². The van der Waals surface area contributed by atoms with Crippen molar-refractivity contribution in [2.75, 3.05) is 5.75 Å². The largest absolute Gasteiger partial charge is 2.00 e. The van der Waals surface area contributed by atoms with Crippen LogP contribution in [0.3, 0.4) is 0 Å². The molecular formula is C35H38ClMgNO3S. The summed E-state index contributed by atoms with van der Waals surface area (Å²) in [5.41, 5.74) is 5.15. The Bertz CT molecular complexity index is 1590. The van der Waals surface area contributed by atoms with Crippen molar-refractivity contribution in [3.05, 3.63) is 112 Å². The Balaban J connectivity index is 0.00000225. The van der Waals surface area contributed by atoms with E-state index in [0.29, 0.717) is 5.02 Å². The zero-order valence-corrected chi connectivity index (χ0v) is 27.2. The second kappa shape index (κ2) is 14.0. The van der Waals surface area contributed by atoms with E-state index in [9.17, 15) is 15.0 Å². The van der Waals surface area contributed by atoms with Crippen molar-refractivity contribution >= 4 is 75.4 Å². The van der Waals surface area contributed by atoms with E-state index in [2.05, 4.69) is 42.5 Å². The summed E-state index contributed by atoms with van der Waals surface area (Å²) in [6.07, 6.45) is 8.02. The summed E-state index contributed by atoms with van der Waals surface area (Å²) in [6.45, 7) is 3.66. The number of carboxylic acids is 1. The summed E-state index contributed by atoms with van der Waals surface area (Å²) in [6, 6.07) is 26.5. The third-order valence-corrected chi connectivity index (χ3v) is 9.76. The number of benzene rings is 3. The molecule has 0 aliphatic heterocycles. The number of carbonyl (C=O) groups is 1. The smallest absolute Gasteiger partial charge is 1.00 e. The molecule has 2 N–H and O–H groups in total. The molecular weight excluding hydrogens is 574 g/mol. The predicted molar refractivity (Wildman–Crippen MR) is 179 cm³/mol. The number of aliphatic carboxylic acids is 1. The molecule has 0 amide bonds. The van der Waals surface area contributed by atoms with Gasteiger partial charge in [-0.1, -0.05) is 78.3 Å². The molecule has 3 aromatic carbocycles. The zero-order chi connectivity index (χ0) is 29.0. The number of carboxylic acid groups (broad SMARTS) is 1. The quantitative estimate of drug-likeness (QED) is 0.157. The Morgan fingerprint density at radius 3 is 2.57 bits per heavy atom. The Labute approximate surface area is 276 Å². The van der Waals surface area contributed by atoms with Crippen LogP contribution in [0.1, 0.15) is 75.6 Å². The molecule has 0 radical (unpaired) electrons. The average Bonchev–Trinajstić information content (AvgIpc) is 3.70. The molecule has 5 rings (SSSR count). The molecule has 4 aromatic rings. The van der Waals surface area contributed by atoms with Gasteiger partial charge in [0.05, 0.1) is 23.2 Å². The standard InChI is InChI=1S/C35H36ClNO3S.Mg.2H/c1-34(2,40)30-9-4-3-7-25(30)13-17-32(41-23-35(18-19-35)22-33(38)39)27-8-5-6-24(20-27)10-15-29-16-12-26-11-14-28(36)21-31(26)37-29;;;/h3-12,14-16,20-21,32,40H,13,17-19,22-23H2,1-2H3,(H,38,39);;;/q;+2;2*-1/b15-10+;;;/t32-;;;/m1.../s1. The number of halogens is 1. The topological polar surface area (TPSA) is 70.4 Å². The van der Waals surface area contributed by atoms with Gasteiger partial charge < -0.3 is 13.1 Å². The molecule has 1 fully saturated rings. The molecule has 42 heavy (non-hydrogen) atoms. The second-order valence-electron chi connectivity index (χ2n) is 11.7. The van der Waals surface area contributed by atoms with Crippen LogP contribution < -0.4 is 0 Å². The number of thioether (sulfide) groups is 1. The summed E-state index contributed by atoms with van der Waals surface area (Å²) >= 11 is 8.04. The molecule has 216 valence electrons. The summed E-state index contributed by atoms with van der Waals surface area (Å²) < 4.78 is 0. The summed E-state index contributed by atoms with van der Waals surface area (Å²) in [5.74, 6) is 0.122. The van der Waals surface area contributed by atoms with E-state index in [0.717, 1.165) is 64.7 Å². The number of pyridine rings is 1. The van der Waals surface area contributed by atoms with E-state index in [4.69, 9.17) is 16.6 Å². The summed E-state index contributed by atoms with van der Waals surface area (Å²) in [7, 11) is 0. The van der Waals surface area contributed by atoms with Crippen LogP contribution in [0.25, 0.3) is 23.1 Å². The fourth-order valence-corrected chi connectivity index (χ4v) is 7.09. The molecule has 1 aliphatic carbocycles. The van der Waals surface area contributed by atoms with E-state index < -0.39 is 11.6 Å². The molecule has 0 spiro atoms. The van der Waals surface area contributed by atoms with E-state index in [-0.39, 0.29) is 43.0 Å². The molecule has 0 bridgehead atoms. The molecule has 0 saturated heterocycles. The first-order valence-corrected chi connectivity index (χ1v) is 15.5. The Hall–Kier alpha value is -2.35. The van der Waals surface area contributed by atoms with Crippen molar-refractivity contribution in [1.29, 1.82) is 0 Å². The number of rotatable bonds is 12. The molecule has 4 nitrogen and oxygen atoms in total. The van der Waals surface area contributed by atoms with Gasteiger partial charge in [-0.2, -0.15) is 11.8 Å². The fraction of sp³-hybridized carbons (Fsp3) is 0.314. The van der Waals surface area contributed by atoms with Crippen molar-refractivity contribution in [3.63, 3.8) is 0 Å². The maximum Gasteiger partial charge on any atom is 2.00 e. The number of aliphatic hydroxyl groups is 1. The van der Waals surface area contributed by atoms with Gasteiger partial charge >= 0.3 is 29.0 Å². The monoisotopic (exact) mass is 611 g/mol. The minimum atomic E-state index is -0.911. The molecule has 1 aromatic heterocycles. The van der Waals surface area contributed by atoms with Gasteiger partial charge in [0, 0.05) is 21.4 Å². The third kappa shape index (κ3) is 8.61. The van der Waals surface area contributed by atoms with Crippen molar-refractivity contribution in [2.45, 2.75) is 56.8 Å². The maximum atomic E-state index is 11.5. The van der Waals surface area contributed by atoms with Crippen molar-refractivity contribution in [3.8, 4) is 0 Å². The number of nitrogens with zero attached hydrogens (tertiary/aromatic N) is 1. The van der Waals surface area contributed by atoms with Crippen LogP contribution in [-0.4, -0.2) is 50.0 Å². The minimum absolute atomic E-state index is 0. The average molecular weight is 613 g/mol. The predicted octanol–water partition coefficient (Wildman–Crippen LogP) is 8.79. The normalized spacial score (nSPS) is 15.0. The van der Waals surface area contributed by atoms with E-state index >= 15 is 0 Å². The number of fused-ring (bicyclic) bond motifs is 1. The molecule has 1 heterocycles. The van der Waals surface area contributed by atoms with Crippen molar-refractivity contribution in [1.82, 2.24) is 4.98 Å². The number of hydrogen-bond donors (Lipinski definition) is 2. The molecule has 0 unspecified atom stereocenters. The summed E-state index contributed by atoms with van der Waals surface area (Å²) in [4.78, 5) is 16.2. The van der Waals surface area contributed by atoms with Gasteiger partial charge in [0.1, 0.15) is 0 Å². The first-order valence-electron chi connectivity index (χ1n) is 14.1. The van der Waals surface area contributed by atoms with Crippen LogP contribution in [0.2, 0.25) is 5.02 Å². The van der Waals surface area contributed by atoms with Crippen molar-refractivity contribution in [2.24, 2.45) is 5.41 Å². The number of hydrogen-bond acceptors (Lipinski definition) is 4. The first kappa shape index (κ1) is 32.6. The van der Waals surface area contributed by atoms with Gasteiger partial charge in [0.15, 0.2) is 0 Å². The first-order chi connectivity index (χ1) is 19.6. The van der Waals surface area contributed by atoms with Gasteiger partial charge in [0.2, 0.25) is 0 Å². The van der Waals surface area contributed by atoms with E-state index in [1.54, 1.807) is 0 Å². The Kier molecular flexibility index (Phi) is 10.8. The van der Waals surface area contributed by atoms with Crippen LogP contribution >= 0.6 is 23.4 Å². The van der Waals surface area contributed by atoms with Gasteiger partial charge in [-0.3, -0.25) is 4.79 Å². The molecule has 7 heteroatoms. The van der Waals surface area contributed by atoms with Crippen molar-refractivity contribution < 1.29 is 17.9 Å². The fourth-order valence-electron chi connectivity index (χ4n) is 5.36. The third-order valence-electron chi connectivity index (χ3n) is 7.83. The maximum absolute atomic E-state index is 11.5. The Morgan fingerprint density at radius 2 is 1.83 bits per heavy atom. The van der Waals surface area contributed by atoms with Gasteiger partial charge in [0.25, 0.3) is 0 Å². The molecule has 1 aliphatic rings. The molecule has 1 saturated carbocycles.